The number of aromatic nitrogens is 2. The summed E-state index contributed by atoms with van der Waals surface area (Å²) in [6.07, 6.45) is -4.06. The fourth-order valence-electron chi connectivity index (χ4n) is 4.12. The van der Waals surface area contributed by atoms with E-state index in [9.17, 15) is 22.1 Å². The molecule has 2 aromatic carbocycles. The van der Waals surface area contributed by atoms with Crippen molar-refractivity contribution in [1.29, 1.82) is 0 Å². The lowest BCUT2D eigenvalue weighted by atomic mass is 10.0. The number of rotatable bonds is 5. The van der Waals surface area contributed by atoms with Gasteiger partial charge in [-0.05, 0) is 26.0 Å². The van der Waals surface area contributed by atoms with E-state index in [-0.39, 0.29) is 5.56 Å². The van der Waals surface area contributed by atoms with Crippen molar-refractivity contribution in [2.75, 3.05) is 38.0 Å². The van der Waals surface area contributed by atoms with Gasteiger partial charge >= 0.3 is 6.18 Å². The van der Waals surface area contributed by atoms with Crippen molar-refractivity contribution in [1.82, 2.24) is 9.97 Å². The van der Waals surface area contributed by atoms with Gasteiger partial charge in [0.15, 0.2) is 0 Å². The number of methoxy groups -OCH3 is 1. The number of hydrogen-bond acceptors (Lipinski definition) is 6. The molecule has 0 unspecified atom stereocenters. The predicted octanol–water partition coefficient (Wildman–Crippen LogP) is 5.30. The van der Waals surface area contributed by atoms with E-state index in [0.29, 0.717) is 65.2 Å². The Morgan fingerprint density at radius 2 is 1.88 bits per heavy atom. The van der Waals surface area contributed by atoms with Crippen molar-refractivity contribution < 1.29 is 31.6 Å². The Morgan fingerprint density at radius 1 is 1.18 bits per heavy atom. The zero-order chi connectivity index (χ0) is 24.7. The average molecular weight is 497 g/mol. The molecule has 0 aliphatic carbocycles. The lowest BCUT2D eigenvalue weighted by Gasteiger charge is -2.25. The second-order valence-electron chi connectivity index (χ2n) is 8.18. The summed E-state index contributed by atoms with van der Waals surface area (Å²) in [6, 6.07) is 5.71. The molecule has 0 saturated carbocycles. The molecule has 1 atom stereocenters. The van der Waals surface area contributed by atoms with Crippen LogP contribution in [0.3, 0.4) is 0 Å². The molecule has 3 aromatic rings. The highest BCUT2D eigenvalue weighted by atomic mass is 31.2. The van der Waals surface area contributed by atoms with Gasteiger partial charge < -0.3 is 19.4 Å². The van der Waals surface area contributed by atoms with Crippen LogP contribution in [0.15, 0.2) is 30.3 Å². The first-order valence-electron chi connectivity index (χ1n) is 10.7. The second kappa shape index (κ2) is 9.15. The number of benzene rings is 2. The summed E-state index contributed by atoms with van der Waals surface area (Å²) >= 11 is 0. The van der Waals surface area contributed by atoms with E-state index in [2.05, 4.69) is 15.3 Å². The Hall–Kier alpha value is -2.71. The highest BCUT2D eigenvalue weighted by Crippen LogP contribution is 2.49. The van der Waals surface area contributed by atoms with Gasteiger partial charge in [-0.15, -0.1) is 0 Å². The molecule has 0 amide bonds. The van der Waals surface area contributed by atoms with Gasteiger partial charge in [0.1, 0.15) is 30.4 Å². The van der Waals surface area contributed by atoms with Crippen LogP contribution in [0.25, 0.3) is 10.9 Å². The van der Waals surface area contributed by atoms with Crippen molar-refractivity contribution >= 4 is 29.2 Å². The first-order chi connectivity index (χ1) is 16.0. The first-order valence-corrected chi connectivity index (χ1v) is 12.8. The number of halogens is 4. The Bertz CT molecular complexity index is 1270. The molecule has 1 fully saturated rings. The first kappa shape index (κ1) is 24.4. The summed E-state index contributed by atoms with van der Waals surface area (Å²) in [5, 5.41) is 4.08. The molecule has 1 aliphatic heterocycles. The van der Waals surface area contributed by atoms with E-state index in [1.165, 1.54) is 19.2 Å². The Balaban J connectivity index is 1.80. The van der Waals surface area contributed by atoms with E-state index in [1.807, 2.05) is 0 Å². The van der Waals surface area contributed by atoms with E-state index >= 15 is 0 Å². The predicted molar refractivity (Wildman–Crippen MR) is 122 cm³/mol. The lowest BCUT2D eigenvalue weighted by Crippen LogP contribution is -2.23. The van der Waals surface area contributed by atoms with Crippen LogP contribution in [-0.2, 0) is 15.5 Å². The summed E-state index contributed by atoms with van der Waals surface area (Å²) in [5.41, 5.74) is -0.968. The third kappa shape index (κ3) is 4.61. The number of hydrogen-bond donors (Lipinski definition) is 1. The molecule has 182 valence electrons. The molecule has 1 aliphatic rings. The molecule has 0 radical (unpaired) electrons. The maximum absolute atomic E-state index is 14.7. The van der Waals surface area contributed by atoms with Crippen molar-refractivity contribution in [2.45, 2.75) is 26.1 Å². The maximum atomic E-state index is 14.7. The highest BCUT2D eigenvalue weighted by Gasteiger charge is 2.36. The molecule has 0 bridgehead atoms. The number of alkyl halides is 3. The van der Waals surface area contributed by atoms with Crippen LogP contribution in [-0.4, -0.2) is 42.6 Å². The third-order valence-corrected chi connectivity index (χ3v) is 8.93. The van der Waals surface area contributed by atoms with Gasteiger partial charge in [0.2, 0.25) is 0 Å². The quantitative estimate of drug-likeness (QED) is 0.381. The molecule has 34 heavy (non-hydrogen) atoms. The van der Waals surface area contributed by atoms with Crippen molar-refractivity contribution in [3.05, 3.63) is 53.1 Å². The SMILES string of the molecule is COc1cc2nc(C)nc(N[C@H](C)c3cccc(C(F)(F)F)c3F)c2cc1P1(=O)CCOCC1. The Kier molecular flexibility index (Phi) is 6.57. The summed E-state index contributed by atoms with van der Waals surface area (Å²) in [5.74, 6) is -0.187. The van der Waals surface area contributed by atoms with E-state index in [0.717, 1.165) is 0 Å². The molecular formula is C23H24F4N3O3P. The number of ether oxygens (including phenoxy) is 2. The van der Waals surface area contributed by atoms with Gasteiger partial charge in [-0.3, -0.25) is 0 Å². The maximum Gasteiger partial charge on any atom is 0.419 e. The lowest BCUT2D eigenvalue weighted by molar-refractivity contribution is -0.140. The summed E-state index contributed by atoms with van der Waals surface area (Å²) in [4.78, 5) is 8.84. The Labute approximate surface area is 194 Å². The minimum atomic E-state index is -4.81. The Morgan fingerprint density at radius 3 is 2.53 bits per heavy atom. The van der Waals surface area contributed by atoms with Crippen LogP contribution >= 0.6 is 7.14 Å². The highest BCUT2D eigenvalue weighted by molar-refractivity contribution is 7.71. The normalized spacial score (nSPS) is 16.9. The van der Waals surface area contributed by atoms with Gasteiger partial charge in [-0.25, -0.2) is 14.4 Å². The molecule has 6 nitrogen and oxygen atoms in total. The summed E-state index contributed by atoms with van der Waals surface area (Å²) in [7, 11) is -1.31. The van der Waals surface area contributed by atoms with Gasteiger partial charge in [-0.1, -0.05) is 12.1 Å². The van der Waals surface area contributed by atoms with Crippen LogP contribution in [0.4, 0.5) is 23.4 Å². The van der Waals surface area contributed by atoms with Crippen LogP contribution in [0.5, 0.6) is 5.75 Å². The van der Waals surface area contributed by atoms with Gasteiger partial charge in [0.25, 0.3) is 0 Å². The monoisotopic (exact) mass is 497 g/mol. The van der Waals surface area contributed by atoms with E-state index in [4.69, 9.17) is 9.47 Å². The number of fused-ring (bicyclic) bond motifs is 1. The fourth-order valence-corrected chi connectivity index (χ4v) is 6.59. The molecule has 1 aromatic heterocycles. The van der Waals surface area contributed by atoms with Crippen molar-refractivity contribution in [3.63, 3.8) is 0 Å². The number of anilines is 1. The zero-order valence-electron chi connectivity index (χ0n) is 18.9. The molecule has 4 rings (SSSR count). The standard InChI is InChI=1S/C23H24F4N3O3P/c1-13(15-5-4-6-17(21(15)24)23(25,26)27)28-22-16-11-20(34(31)9-7-33-8-10-34)19(32-3)12-18(16)29-14(2)30-22/h4-6,11-13H,7-10H2,1-3H3,(H,28,29,30)/t13-/m1/s1. The molecule has 2 heterocycles. The van der Waals surface area contributed by atoms with Gasteiger partial charge in [0, 0.05) is 29.3 Å². The summed E-state index contributed by atoms with van der Waals surface area (Å²) < 4.78 is 78.8. The number of nitrogens with one attached hydrogen (secondary N) is 1. The molecule has 1 N–H and O–H groups in total. The van der Waals surface area contributed by atoms with E-state index < -0.39 is 30.7 Å². The van der Waals surface area contributed by atoms with Gasteiger partial charge in [0.05, 0.1) is 42.8 Å². The topological polar surface area (TPSA) is 73.3 Å². The molecular weight excluding hydrogens is 473 g/mol. The van der Waals surface area contributed by atoms with E-state index in [1.54, 1.807) is 26.0 Å². The average Bonchev–Trinajstić information content (AvgIpc) is 2.77. The third-order valence-electron chi connectivity index (χ3n) is 5.89. The minimum absolute atomic E-state index is 0.148. The van der Waals surface area contributed by atoms with Crippen LogP contribution in [0.1, 0.15) is 29.9 Å². The van der Waals surface area contributed by atoms with Crippen molar-refractivity contribution in [3.8, 4) is 5.75 Å². The van der Waals surface area contributed by atoms with Crippen LogP contribution in [0, 0.1) is 12.7 Å². The largest absolute Gasteiger partial charge is 0.496 e. The smallest absolute Gasteiger partial charge is 0.419 e. The number of aryl methyl sites for hydroxylation is 1. The fraction of sp³-hybridized carbons (Fsp3) is 0.391. The molecule has 0 spiro atoms. The minimum Gasteiger partial charge on any atom is -0.496 e. The molecule has 1 saturated heterocycles. The number of nitrogens with zero attached hydrogens (tertiary/aromatic N) is 2. The van der Waals surface area contributed by atoms with Gasteiger partial charge in [-0.2, -0.15) is 13.2 Å². The molecule has 11 heteroatoms. The zero-order valence-corrected chi connectivity index (χ0v) is 19.8. The van der Waals surface area contributed by atoms with Crippen molar-refractivity contribution in [2.24, 2.45) is 0 Å². The van der Waals surface area contributed by atoms with Crippen LogP contribution < -0.4 is 15.4 Å². The second-order valence-corrected chi connectivity index (χ2v) is 11.3. The summed E-state index contributed by atoms with van der Waals surface area (Å²) in [6.45, 7) is 3.97. The van der Waals surface area contributed by atoms with Crippen LogP contribution in [0.2, 0.25) is 0 Å².